The van der Waals surface area contributed by atoms with Crippen LogP contribution < -0.4 is 15.2 Å². The van der Waals surface area contributed by atoms with Gasteiger partial charge in [0.25, 0.3) is 10.0 Å². The van der Waals surface area contributed by atoms with Crippen LogP contribution in [0.2, 0.25) is 0 Å². The molecule has 0 atom stereocenters. The Kier molecular flexibility index (Phi) is 3.95. The van der Waals surface area contributed by atoms with Crippen molar-refractivity contribution in [3.05, 3.63) is 53.0 Å². The first-order valence-electron chi connectivity index (χ1n) is 6.64. The summed E-state index contributed by atoms with van der Waals surface area (Å²) in [6, 6.07) is 8.05. The number of oxazole rings is 1. The number of nitrogens with one attached hydrogen (secondary N) is 2. The lowest BCUT2D eigenvalue weighted by Crippen LogP contribution is -2.17. The molecule has 3 rings (SSSR count). The summed E-state index contributed by atoms with van der Waals surface area (Å²) in [4.78, 5) is 13.2. The number of aromatic nitrogens is 1. The summed E-state index contributed by atoms with van der Waals surface area (Å²) in [5.74, 6) is -1.31. The van der Waals surface area contributed by atoms with Gasteiger partial charge < -0.3 is 9.15 Å². The minimum absolute atomic E-state index is 0.0297. The van der Waals surface area contributed by atoms with E-state index < -0.39 is 27.9 Å². The van der Waals surface area contributed by atoms with Crippen LogP contribution >= 0.6 is 0 Å². The number of halogens is 3. The summed E-state index contributed by atoms with van der Waals surface area (Å²) in [7, 11) is -4.12. The summed E-state index contributed by atoms with van der Waals surface area (Å²) < 4.78 is 72.0. The fourth-order valence-electron chi connectivity index (χ4n) is 2.06. The highest BCUT2D eigenvalue weighted by Crippen LogP contribution is 2.26. The van der Waals surface area contributed by atoms with Crippen molar-refractivity contribution in [3.8, 4) is 5.75 Å². The zero-order valence-corrected chi connectivity index (χ0v) is 12.9. The number of sulfonamides is 1. The average molecular weight is 374 g/mol. The van der Waals surface area contributed by atoms with Crippen LogP contribution in [0.3, 0.4) is 0 Å². The van der Waals surface area contributed by atoms with Crippen LogP contribution in [-0.2, 0) is 10.0 Å². The summed E-state index contributed by atoms with van der Waals surface area (Å²) in [6.07, 6.45) is -4.89. The molecule has 7 nitrogen and oxygen atoms in total. The van der Waals surface area contributed by atoms with Crippen molar-refractivity contribution in [1.29, 1.82) is 0 Å². The molecule has 2 N–H and O–H groups in total. The van der Waals surface area contributed by atoms with E-state index in [1.54, 1.807) is 0 Å². The Morgan fingerprint density at radius 1 is 1.12 bits per heavy atom. The summed E-state index contributed by atoms with van der Waals surface area (Å²) in [5, 5.41) is 0. The number of H-pyrrole nitrogens is 1. The van der Waals surface area contributed by atoms with E-state index in [4.69, 9.17) is 4.42 Å². The van der Waals surface area contributed by atoms with Gasteiger partial charge in [-0.25, -0.2) is 13.2 Å². The van der Waals surface area contributed by atoms with Gasteiger partial charge in [0.15, 0.2) is 5.58 Å². The molecule has 0 aliphatic rings. The Morgan fingerprint density at radius 3 is 2.60 bits per heavy atom. The number of ether oxygens (including phenoxy) is 1. The summed E-state index contributed by atoms with van der Waals surface area (Å²) >= 11 is 0. The molecule has 0 radical (unpaired) electrons. The van der Waals surface area contributed by atoms with Crippen molar-refractivity contribution in [3.63, 3.8) is 0 Å². The van der Waals surface area contributed by atoms with Crippen LogP contribution in [0.5, 0.6) is 5.75 Å². The number of hydrogen-bond acceptors (Lipinski definition) is 5. The van der Waals surface area contributed by atoms with Gasteiger partial charge in [-0.2, -0.15) is 0 Å². The van der Waals surface area contributed by atoms with Crippen molar-refractivity contribution in [2.45, 2.75) is 11.3 Å². The normalized spacial score (nSPS) is 12.3. The summed E-state index contributed by atoms with van der Waals surface area (Å²) in [6.45, 7) is 0. The molecule has 0 spiro atoms. The number of hydrogen-bond donors (Lipinski definition) is 2. The first-order valence-corrected chi connectivity index (χ1v) is 8.12. The fraction of sp³-hybridized carbons (Fsp3) is 0.0714. The van der Waals surface area contributed by atoms with Crippen molar-refractivity contribution < 1.29 is 30.7 Å². The SMILES string of the molecule is O=c1[nH]c2ccc(S(=O)(=O)Nc3cccc(OC(F)(F)F)c3)cc2o1. The smallest absolute Gasteiger partial charge is 0.408 e. The molecule has 1 aromatic heterocycles. The number of benzene rings is 2. The van der Waals surface area contributed by atoms with Gasteiger partial charge >= 0.3 is 12.1 Å². The van der Waals surface area contributed by atoms with Gasteiger partial charge in [0.1, 0.15) is 5.75 Å². The zero-order valence-electron chi connectivity index (χ0n) is 12.1. The molecule has 0 saturated carbocycles. The maximum absolute atomic E-state index is 12.3. The minimum Gasteiger partial charge on any atom is -0.408 e. The average Bonchev–Trinajstić information content (AvgIpc) is 2.84. The quantitative estimate of drug-likeness (QED) is 0.731. The van der Waals surface area contributed by atoms with E-state index in [9.17, 15) is 26.4 Å². The Balaban J connectivity index is 1.90. The predicted molar refractivity (Wildman–Crippen MR) is 80.8 cm³/mol. The second-order valence-electron chi connectivity index (χ2n) is 4.85. The van der Waals surface area contributed by atoms with Crippen LogP contribution in [0.15, 0.2) is 56.6 Å². The fourth-order valence-corrected chi connectivity index (χ4v) is 3.13. The topological polar surface area (TPSA) is 101 Å². The number of rotatable bonds is 4. The predicted octanol–water partition coefficient (Wildman–Crippen LogP) is 2.82. The molecule has 0 aliphatic heterocycles. The molecule has 3 aromatic rings. The van der Waals surface area contributed by atoms with Gasteiger partial charge in [0, 0.05) is 12.1 Å². The number of alkyl halides is 3. The largest absolute Gasteiger partial charge is 0.573 e. The molecule has 132 valence electrons. The maximum atomic E-state index is 12.3. The van der Waals surface area contributed by atoms with Crippen LogP contribution in [0.1, 0.15) is 0 Å². The van der Waals surface area contributed by atoms with E-state index in [1.165, 1.54) is 24.3 Å². The van der Waals surface area contributed by atoms with E-state index in [0.29, 0.717) is 5.52 Å². The monoisotopic (exact) mass is 374 g/mol. The molecule has 0 unspecified atom stereocenters. The van der Waals surface area contributed by atoms with Gasteiger partial charge in [-0.05, 0) is 24.3 Å². The molecule has 25 heavy (non-hydrogen) atoms. The van der Waals surface area contributed by atoms with Gasteiger partial charge in [0.05, 0.1) is 16.1 Å². The van der Waals surface area contributed by atoms with Gasteiger partial charge in [-0.15, -0.1) is 13.2 Å². The minimum atomic E-state index is -4.89. The Hall–Kier alpha value is -2.95. The standard InChI is InChI=1S/C14H9F3N2O5S/c15-14(16,17)24-9-3-1-2-8(6-9)19-25(21,22)10-4-5-11-12(7-10)23-13(20)18-11/h1-7,19H,(H,18,20). The molecule has 0 saturated heterocycles. The van der Waals surface area contributed by atoms with Gasteiger partial charge in [-0.1, -0.05) is 6.07 Å². The van der Waals surface area contributed by atoms with Crippen molar-refractivity contribution in [1.82, 2.24) is 4.98 Å². The molecule has 0 amide bonds. The third kappa shape index (κ3) is 3.94. The third-order valence-corrected chi connectivity index (χ3v) is 4.40. The maximum Gasteiger partial charge on any atom is 0.573 e. The van der Waals surface area contributed by atoms with E-state index >= 15 is 0 Å². The molecule has 0 aliphatic carbocycles. The molecule has 1 heterocycles. The highest BCUT2D eigenvalue weighted by Gasteiger charge is 2.31. The van der Waals surface area contributed by atoms with Crippen molar-refractivity contribution in [2.24, 2.45) is 0 Å². The Bertz CT molecular complexity index is 1090. The number of anilines is 1. The molecular formula is C14H9F3N2O5S. The number of aromatic amines is 1. The molecular weight excluding hydrogens is 365 g/mol. The van der Waals surface area contributed by atoms with E-state index in [0.717, 1.165) is 18.2 Å². The highest BCUT2D eigenvalue weighted by molar-refractivity contribution is 7.92. The third-order valence-electron chi connectivity index (χ3n) is 3.02. The van der Waals surface area contributed by atoms with E-state index in [1.807, 2.05) is 0 Å². The second kappa shape index (κ2) is 5.84. The van der Waals surface area contributed by atoms with Crippen molar-refractivity contribution in [2.75, 3.05) is 4.72 Å². The first kappa shape index (κ1) is 16.9. The first-order chi connectivity index (χ1) is 11.6. The van der Waals surface area contributed by atoms with Crippen molar-refractivity contribution >= 4 is 26.8 Å². The molecule has 0 bridgehead atoms. The van der Waals surface area contributed by atoms with Crippen LogP contribution in [0, 0.1) is 0 Å². The molecule has 11 heteroatoms. The second-order valence-corrected chi connectivity index (χ2v) is 6.54. The van der Waals surface area contributed by atoms with Gasteiger partial charge in [-0.3, -0.25) is 9.71 Å². The Labute approximate surface area is 138 Å². The number of fused-ring (bicyclic) bond motifs is 1. The van der Waals surface area contributed by atoms with Crippen LogP contribution in [-0.4, -0.2) is 19.8 Å². The zero-order chi connectivity index (χ0) is 18.2. The van der Waals surface area contributed by atoms with Gasteiger partial charge in [0.2, 0.25) is 0 Å². The van der Waals surface area contributed by atoms with E-state index in [2.05, 4.69) is 14.4 Å². The molecule has 2 aromatic carbocycles. The van der Waals surface area contributed by atoms with E-state index in [-0.39, 0.29) is 16.2 Å². The lowest BCUT2D eigenvalue weighted by molar-refractivity contribution is -0.274. The highest BCUT2D eigenvalue weighted by atomic mass is 32.2. The van der Waals surface area contributed by atoms with Crippen LogP contribution in [0.4, 0.5) is 18.9 Å². The lowest BCUT2D eigenvalue weighted by atomic mass is 10.3. The Morgan fingerprint density at radius 2 is 1.88 bits per heavy atom. The molecule has 0 fully saturated rings. The van der Waals surface area contributed by atoms with Crippen LogP contribution in [0.25, 0.3) is 11.1 Å². The lowest BCUT2D eigenvalue weighted by Gasteiger charge is -2.11. The summed E-state index contributed by atoms with van der Waals surface area (Å²) in [5.41, 5.74) is 0.212.